The van der Waals surface area contributed by atoms with Crippen molar-refractivity contribution in [2.24, 2.45) is 5.92 Å². The summed E-state index contributed by atoms with van der Waals surface area (Å²) >= 11 is 0. The highest BCUT2D eigenvalue weighted by atomic mass is 16.2. The van der Waals surface area contributed by atoms with E-state index in [0.29, 0.717) is 23.9 Å². The Kier molecular flexibility index (Phi) is 4.32. The van der Waals surface area contributed by atoms with Crippen molar-refractivity contribution in [3.05, 3.63) is 0 Å². The van der Waals surface area contributed by atoms with E-state index in [0.717, 1.165) is 25.9 Å². The molecule has 0 aromatic carbocycles. The van der Waals surface area contributed by atoms with Gasteiger partial charge in [-0.25, -0.2) is 0 Å². The molecule has 3 aliphatic rings. The molecule has 0 spiro atoms. The number of hydrogen-bond acceptors (Lipinski definition) is 3. The van der Waals surface area contributed by atoms with E-state index in [4.69, 9.17) is 0 Å². The van der Waals surface area contributed by atoms with Crippen LogP contribution in [0.2, 0.25) is 0 Å². The molecular weight excluding hydrogens is 250 g/mol. The van der Waals surface area contributed by atoms with Crippen molar-refractivity contribution in [1.29, 1.82) is 0 Å². The van der Waals surface area contributed by atoms with Gasteiger partial charge in [-0.15, -0.1) is 0 Å². The summed E-state index contributed by atoms with van der Waals surface area (Å²) in [5, 5.41) is 0. The van der Waals surface area contributed by atoms with Crippen molar-refractivity contribution < 1.29 is 4.79 Å². The minimum atomic E-state index is 0.390. The fourth-order valence-corrected chi connectivity index (χ4v) is 3.66. The number of piperidine rings is 1. The van der Waals surface area contributed by atoms with E-state index in [9.17, 15) is 4.79 Å². The fraction of sp³-hybridized carbons (Fsp3) is 0.938. The number of carbonyl (C=O) groups excluding carboxylic acids is 1. The molecule has 3 fully saturated rings. The number of rotatable bonds is 3. The lowest BCUT2D eigenvalue weighted by molar-refractivity contribution is -0.134. The van der Waals surface area contributed by atoms with Crippen molar-refractivity contribution in [3.63, 3.8) is 0 Å². The Hall–Kier alpha value is -0.610. The highest BCUT2D eigenvalue weighted by molar-refractivity contribution is 5.81. The van der Waals surface area contributed by atoms with Crippen LogP contribution < -0.4 is 0 Å². The number of nitrogens with zero attached hydrogens (tertiary/aromatic N) is 3. The van der Waals surface area contributed by atoms with E-state index in [2.05, 4.69) is 28.5 Å². The lowest BCUT2D eigenvalue weighted by Gasteiger charge is -2.43. The molecule has 4 nitrogen and oxygen atoms in total. The maximum absolute atomic E-state index is 12.1. The first-order valence-electron chi connectivity index (χ1n) is 8.42. The summed E-state index contributed by atoms with van der Waals surface area (Å²) in [6.45, 7) is 11.4. The molecule has 114 valence electrons. The molecule has 20 heavy (non-hydrogen) atoms. The maximum atomic E-state index is 12.1. The molecule has 0 aromatic heterocycles. The molecule has 0 unspecified atom stereocenters. The van der Waals surface area contributed by atoms with E-state index in [1.807, 2.05) is 0 Å². The van der Waals surface area contributed by atoms with Gasteiger partial charge in [0.25, 0.3) is 0 Å². The van der Waals surface area contributed by atoms with Crippen LogP contribution in [0.4, 0.5) is 0 Å². The van der Waals surface area contributed by atoms with E-state index in [-0.39, 0.29) is 0 Å². The van der Waals surface area contributed by atoms with Crippen molar-refractivity contribution in [3.8, 4) is 0 Å². The highest BCUT2D eigenvalue weighted by Crippen LogP contribution is 2.32. The molecule has 2 heterocycles. The third-order valence-corrected chi connectivity index (χ3v) is 5.30. The molecule has 2 saturated heterocycles. The molecular formula is C16H29N3O. The number of hydrogen-bond donors (Lipinski definition) is 0. The molecule has 4 heteroatoms. The van der Waals surface area contributed by atoms with Gasteiger partial charge in [-0.2, -0.15) is 0 Å². The second-order valence-electron chi connectivity index (χ2n) is 7.00. The molecule has 2 aliphatic heterocycles. The average Bonchev–Trinajstić information content (AvgIpc) is 3.31. The van der Waals surface area contributed by atoms with Gasteiger partial charge in [-0.1, -0.05) is 0 Å². The van der Waals surface area contributed by atoms with E-state index in [1.54, 1.807) is 0 Å². The Labute approximate surface area is 123 Å². The molecule has 0 atom stereocenters. The van der Waals surface area contributed by atoms with Gasteiger partial charge in [0.2, 0.25) is 5.91 Å². The van der Waals surface area contributed by atoms with Crippen molar-refractivity contribution >= 4 is 5.91 Å². The van der Waals surface area contributed by atoms with Gasteiger partial charge in [0.05, 0.1) is 0 Å². The second-order valence-corrected chi connectivity index (χ2v) is 7.00. The lowest BCUT2D eigenvalue weighted by Crippen LogP contribution is -2.54. The Balaban J connectivity index is 1.43. The van der Waals surface area contributed by atoms with Crippen LogP contribution >= 0.6 is 0 Å². The summed E-state index contributed by atoms with van der Waals surface area (Å²) in [5.41, 5.74) is 0. The van der Waals surface area contributed by atoms with Crippen molar-refractivity contribution in [1.82, 2.24) is 14.7 Å². The maximum Gasteiger partial charge on any atom is 0.225 e. The molecule has 1 aliphatic carbocycles. The third-order valence-electron chi connectivity index (χ3n) is 5.30. The zero-order valence-electron chi connectivity index (χ0n) is 13.1. The number of carbonyl (C=O) groups is 1. The minimum absolute atomic E-state index is 0.390. The van der Waals surface area contributed by atoms with Gasteiger partial charge in [-0.3, -0.25) is 14.6 Å². The average molecular weight is 279 g/mol. The number of amides is 1. The van der Waals surface area contributed by atoms with Gasteiger partial charge in [0.15, 0.2) is 0 Å². The van der Waals surface area contributed by atoms with Crippen LogP contribution in [0, 0.1) is 5.92 Å². The Morgan fingerprint density at radius 3 is 2.00 bits per heavy atom. The molecule has 1 saturated carbocycles. The third kappa shape index (κ3) is 3.17. The van der Waals surface area contributed by atoms with Crippen LogP contribution in [-0.4, -0.2) is 72.0 Å². The summed E-state index contributed by atoms with van der Waals surface area (Å²) in [6.07, 6.45) is 4.63. The van der Waals surface area contributed by atoms with Crippen molar-refractivity contribution in [2.45, 2.75) is 51.6 Å². The first-order chi connectivity index (χ1) is 9.65. The summed E-state index contributed by atoms with van der Waals surface area (Å²) in [6, 6.07) is 1.39. The Morgan fingerprint density at radius 2 is 1.50 bits per heavy atom. The van der Waals surface area contributed by atoms with Crippen LogP contribution in [0.1, 0.15) is 39.5 Å². The predicted octanol–water partition coefficient (Wildman–Crippen LogP) is 1.41. The summed E-state index contributed by atoms with van der Waals surface area (Å²) < 4.78 is 0. The number of likely N-dealkylation sites (tertiary alicyclic amines) is 1. The first kappa shape index (κ1) is 14.3. The smallest absolute Gasteiger partial charge is 0.225 e. The van der Waals surface area contributed by atoms with Crippen LogP contribution in [0.15, 0.2) is 0 Å². The molecule has 0 radical (unpaired) electrons. The molecule has 1 amide bonds. The normalized spacial score (nSPS) is 27.2. The largest absolute Gasteiger partial charge is 0.342 e. The monoisotopic (exact) mass is 279 g/mol. The summed E-state index contributed by atoms with van der Waals surface area (Å²) in [5.74, 6) is 0.828. The summed E-state index contributed by atoms with van der Waals surface area (Å²) in [7, 11) is 0. The number of piperazine rings is 1. The summed E-state index contributed by atoms with van der Waals surface area (Å²) in [4.78, 5) is 19.4. The van der Waals surface area contributed by atoms with Gasteiger partial charge < -0.3 is 4.90 Å². The van der Waals surface area contributed by atoms with E-state index >= 15 is 0 Å². The van der Waals surface area contributed by atoms with Crippen LogP contribution in [0.5, 0.6) is 0 Å². The molecule has 0 bridgehead atoms. The van der Waals surface area contributed by atoms with Gasteiger partial charge >= 0.3 is 0 Å². The van der Waals surface area contributed by atoms with Gasteiger partial charge in [0.1, 0.15) is 0 Å². The molecule has 0 aromatic rings. The molecule has 3 rings (SSSR count). The van der Waals surface area contributed by atoms with Crippen LogP contribution in [0.25, 0.3) is 0 Å². The first-order valence-corrected chi connectivity index (χ1v) is 8.42. The predicted molar refractivity (Wildman–Crippen MR) is 80.6 cm³/mol. The topological polar surface area (TPSA) is 26.8 Å². The standard InChI is InChI=1S/C16H29N3O/c1-13(2)17-9-11-18(12-10-17)15-5-7-19(8-6-15)16(20)14-3-4-14/h13-15H,3-12H2,1-2H3. The Bertz CT molecular complexity index is 338. The second kappa shape index (κ2) is 6.02. The van der Waals surface area contributed by atoms with E-state index < -0.39 is 0 Å². The van der Waals surface area contributed by atoms with Gasteiger partial charge in [-0.05, 0) is 39.5 Å². The zero-order valence-corrected chi connectivity index (χ0v) is 13.1. The fourth-order valence-electron chi connectivity index (χ4n) is 3.66. The highest BCUT2D eigenvalue weighted by Gasteiger charge is 2.36. The SMILES string of the molecule is CC(C)N1CCN(C2CCN(C(=O)C3CC3)CC2)CC1. The minimum Gasteiger partial charge on any atom is -0.342 e. The molecule has 0 N–H and O–H groups in total. The Morgan fingerprint density at radius 1 is 0.900 bits per heavy atom. The van der Waals surface area contributed by atoms with E-state index in [1.165, 1.54) is 39.0 Å². The van der Waals surface area contributed by atoms with Crippen molar-refractivity contribution in [2.75, 3.05) is 39.3 Å². The lowest BCUT2D eigenvalue weighted by atomic mass is 10.0. The zero-order chi connectivity index (χ0) is 14.1. The quantitative estimate of drug-likeness (QED) is 0.781. The van der Waals surface area contributed by atoms with Crippen LogP contribution in [0.3, 0.4) is 0 Å². The van der Waals surface area contributed by atoms with Gasteiger partial charge in [0, 0.05) is 57.3 Å². The van der Waals surface area contributed by atoms with Crippen LogP contribution in [-0.2, 0) is 4.79 Å².